The van der Waals surface area contributed by atoms with Crippen molar-refractivity contribution in [2.75, 3.05) is 4.90 Å². The third-order valence-corrected chi connectivity index (χ3v) is 5.24. The van der Waals surface area contributed by atoms with E-state index >= 15 is 0 Å². The van der Waals surface area contributed by atoms with E-state index in [0.717, 1.165) is 21.8 Å². The van der Waals surface area contributed by atoms with Gasteiger partial charge in [-0.05, 0) is 48.2 Å². The van der Waals surface area contributed by atoms with Crippen LogP contribution in [0.15, 0.2) is 80.5 Å². The summed E-state index contributed by atoms with van der Waals surface area (Å²) >= 11 is 4.31. The maximum Gasteiger partial charge on any atom is 0.298 e. The summed E-state index contributed by atoms with van der Waals surface area (Å²) in [4.78, 5) is 26.4. The molecule has 128 valence electrons. The van der Waals surface area contributed by atoms with E-state index in [9.17, 15) is 9.59 Å². The van der Waals surface area contributed by atoms with Gasteiger partial charge in [0.25, 0.3) is 11.1 Å². The van der Waals surface area contributed by atoms with Crippen LogP contribution in [0.3, 0.4) is 0 Å². The average molecular weight is 426 g/mol. The van der Waals surface area contributed by atoms with Crippen LogP contribution in [0.2, 0.25) is 0 Å². The molecule has 3 aromatic rings. The zero-order valence-electron chi connectivity index (χ0n) is 13.4. The number of para-hydroxylation sites is 1. The van der Waals surface area contributed by atoms with Crippen molar-refractivity contribution in [2.24, 2.45) is 0 Å². The van der Waals surface area contributed by atoms with Crippen LogP contribution in [0, 0.1) is 0 Å². The van der Waals surface area contributed by atoms with Crippen molar-refractivity contribution in [3.8, 4) is 11.3 Å². The summed E-state index contributed by atoms with van der Waals surface area (Å²) in [7, 11) is 0. The molecule has 0 unspecified atom stereocenters. The number of amides is 2. The third kappa shape index (κ3) is 3.25. The first-order valence-electron chi connectivity index (χ1n) is 7.80. The number of furan rings is 1. The first kappa shape index (κ1) is 16.9. The smallest absolute Gasteiger partial charge is 0.298 e. The first-order valence-corrected chi connectivity index (χ1v) is 9.41. The van der Waals surface area contributed by atoms with E-state index in [1.165, 1.54) is 4.90 Å². The molecular formula is C20H12BrNO3S. The van der Waals surface area contributed by atoms with E-state index < -0.39 is 0 Å². The minimum atomic E-state index is -0.340. The molecule has 26 heavy (non-hydrogen) atoms. The molecule has 0 aliphatic carbocycles. The Bertz CT molecular complexity index is 1010. The van der Waals surface area contributed by atoms with E-state index in [1.807, 2.05) is 36.4 Å². The van der Waals surface area contributed by atoms with Crippen LogP contribution in [-0.4, -0.2) is 11.1 Å². The minimum Gasteiger partial charge on any atom is -0.457 e. The number of nitrogens with zero attached hydrogens (tertiary/aromatic N) is 1. The second-order valence-corrected chi connectivity index (χ2v) is 7.47. The van der Waals surface area contributed by atoms with Crippen LogP contribution in [0.4, 0.5) is 10.5 Å². The summed E-state index contributed by atoms with van der Waals surface area (Å²) in [5.41, 5.74) is 1.50. The number of thioether (sulfide) groups is 1. The van der Waals surface area contributed by atoms with Gasteiger partial charge in [-0.25, -0.2) is 4.90 Å². The molecule has 4 nitrogen and oxygen atoms in total. The normalized spacial score (nSPS) is 15.9. The molecule has 4 rings (SSSR count). The highest BCUT2D eigenvalue weighted by Crippen LogP contribution is 2.36. The minimum absolute atomic E-state index is 0.313. The Morgan fingerprint density at radius 1 is 0.923 bits per heavy atom. The Morgan fingerprint density at radius 3 is 2.38 bits per heavy atom. The molecule has 1 aliphatic heterocycles. The molecule has 2 amide bonds. The van der Waals surface area contributed by atoms with Crippen molar-refractivity contribution < 1.29 is 14.0 Å². The summed E-state index contributed by atoms with van der Waals surface area (Å²) in [5.74, 6) is 0.889. The lowest BCUT2D eigenvalue weighted by Gasteiger charge is -2.11. The Labute approximate surface area is 162 Å². The van der Waals surface area contributed by atoms with Crippen molar-refractivity contribution in [3.05, 3.63) is 81.9 Å². The molecule has 1 aromatic heterocycles. The highest BCUT2D eigenvalue weighted by atomic mass is 79.9. The molecule has 0 radical (unpaired) electrons. The van der Waals surface area contributed by atoms with Crippen molar-refractivity contribution >= 4 is 50.6 Å². The molecule has 1 saturated heterocycles. The van der Waals surface area contributed by atoms with Crippen molar-refractivity contribution in [1.29, 1.82) is 0 Å². The van der Waals surface area contributed by atoms with Gasteiger partial charge in [0.2, 0.25) is 0 Å². The van der Waals surface area contributed by atoms with E-state index in [0.29, 0.717) is 22.1 Å². The van der Waals surface area contributed by atoms with Crippen LogP contribution in [0.1, 0.15) is 5.76 Å². The van der Waals surface area contributed by atoms with Gasteiger partial charge in [0.1, 0.15) is 11.5 Å². The largest absolute Gasteiger partial charge is 0.457 e. The summed E-state index contributed by atoms with van der Waals surface area (Å²) in [5, 5.41) is -0.313. The molecular weight excluding hydrogens is 414 g/mol. The van der Waals surface area contributed by atoms with Gasteiger partial charge in [-0.2, -0.15) is 0 Å². The average Bonchev–Trinajstić information content (AvgIpc) is 3.21. The number of hydrogen-bond acceptors (Lipinski definition) is 4. The lowest BCUT2D eigenvalue weighted by molar-refractivity contribution is -0.113. The van der Waals surface area contributed by atoms with E-state index in [4.69, 9.17) is 4.42 Å². The van der Waals surface area contributed by atoms with Crippen molar-refractivity contribution in [3.63, 3.8) is 0 Å². The third-order valence-electron chi connectivity index (χ3n) is 3.84. The maximum absolute atomic E-state index is 12.6. The molecule has 6 heteroatoms. The number of anilines is 1. The number of benzene rings is 2. The van der Waals surface area contributed by atoms with Crippen LogP contribution >= 0.6 is 27.7 Å². The summed E-state index contributed by atoms with van der Waals surface area (Å²) in [6, 6.07) is 20.3. The van der Waals surface area contributed by atoms with Gasteiger partial charge in [0, 0.05) is 16.1 Å². The van der Waals surface area contributed by atoms with Crippen molar-refractivity contribution in [2.45, 2.75) is 0 Å². The highest BCUT2D eigenvalue weighted by Gasteiger charge is 2.36. The first-order chi connectivity index (χ1) is 12.6. The number of imide groups is 1. The van der Waals surface area contributed by atoms with Crippen LogP contribution in [0.25, 0.3) is 17.4 Å². The molecule has 0 atom stereocenters. The predicted molar refractivity (Wildman–Crippen MR) is 107 cm³/mol. The predicted octanol–water partition coefficient (Wildman–Crippen LogP) is 5.95. The molecule has 0 bridgehead atoms. The standard InChI is InChI=1S/C20H12BrNO3S/c21-14-8-6-13(7-9-14)17-11-10-16(25-17)12-18-19(23)22(20(24)26-18)15-4-2-1-3-5-15/h1-12H/b18-12+. The zero-order valence-corrected chi connectivity index (χ0v) is 15.8. The maximum atomic E-state index is 12.6. The van der Waals surface area contributed by atoms with E-state index in [1.54, 1.807) is 36.4 Å². The fourth-order valence-electron chi connectivity index (χ4n) is 2.60. The fourth-order valence-corrected chi connectivity index (χ4v) is 3.68. The topological polar surface area (TPSA) is 50.5 Å². The number of halogens is 1. The Kier molecular flexibility index (Phi) is 4.53. The van der Waals surface area contributed by atoms with Gasteiger partial charge in [0.15, 0.2) is 0 Å². The van der Waals surface area contributed by atoms with E-state index in [2.05, 4.69) is 15.9 Å². The molecule has 1 aliphatic rings. The van der Waals surface area contributed by atoms with Crippen LogP contribution in [0.5, 0.6) is 0 Å². The molecule has 0 N–H and O–H groups in total. The lowest BCUT2D eigenvalue weighted by atomic mass is 10.2. The van der Waals surface area contributed by atoms with Crippen molar-refractivity contribution in [1.82, 2.24) is 0 Å². The summed E-state index contributed by atoms with van der Waals surface area (Å²) in [6.07, 6.45) is 1.61. The fraction of sp³-hybridized carbons (Fsp3) is 0. The quantitative estimate of drug-likeness (QED) is 0.486. The van der Waals surface area contributed by atoms with Gasteiger partial charge in [-0.15, -0.1) is 0 Å². The monoisotopic (exact) mass is 425 g/mol. The van der Waals surface area contributed by atoms with Gasteiger partial charge in [-0.3, -0.25) is 9.59 Å². The number of rotatable bonds is 3. The molecule has 0 saturated carbocycles. The number of hydrogen-bond donors (Lipinski definition) is 0. The number of carbonyl (C=O) groups is 2. The number of carbonyl (C=O) groups excluding carboxylic acids is 2. The molecule has 2 heterocycles. The molecule has 0 spiro atoms. The Balaban J connectivity index is 1.60. The Morgan fingerprint density at radius 2 is 1.65 bits per heavy atom. The second-order valence-electron chi connectivity index (χ2n) is 5.56. The summed E-state index contributed by atoms with van der Waals surface area (Å²) < 4.78 is 6.80. The summed E-state index contributed by atoms with van der Waals surface area (Å²) in [6.45, 7) is 0. The van der Waals surface area contributed by atoms with Gasteiger partial charge in [0.05, 0.1) is 10.6 Å². The van der Waals surface area contributed by atoms with Crippen LogP contribution < -0.4 is 4.90 Å². The zero-order chi connectivity index (χ0) is 18.1. The van der Waals surface area contributed by atoms with Gasteiger partial charge in [-0.1, -0.05) is 46.3 Å². The SMILES string of the molecule is O=C1S/C(=C/c2ccc(-c3ccc(Br)cc3)o2)C(=O)N1c1ccccc1. The van der Waals surface area contributed by atoms with E-state index in [-0.39, 0.29) is 11.1 Å². The van der Waals surface area contributed by atoms with Gasteiger partial charge >= 0.3 is 0 Å². The molecule has 1 fully saturated rings. The van der Waals surface area contributed by atoms with Gasteiger partial charge < -0.3 is 4.42 Å². The second kappa shape index (κ2) is 6.97. The Hall–Kier alpha value is -2.57. The van der Waals surface area contributed by atoms with Crippen LogP contribution in [-0.2, 0) is 4.79 Å². The molecule has 2 aromatic carbocycles. The highest BCUT2D eigenvalue weighted by molar-refractivity contribution is 9.10. The lowest BCUT2D eigenvalue weighted by Crippen LogP contribution is -2.27.